The molecule has 3 aromatic carbocycles. The molecule has 3 rings (SSSR count). The molecule has 0 saturated heterocycles. The molecule has 3 aromatic rings. The molecule has 1 amide bonds. The van der Waals surface area contributed by atoms with Crippen molar-refractivity contribution in [2.75, 3.05) is 24.5 Å². The first-order chi connectivity index (χ1) is 15.3. The monoisotopic (exact) mass is 472 g/mol. The summed E-state index contributed by atoms with van der Waals surface area (Å²) in [7, 11) is -2.38. The van der Waals surface area contributed by atoms with Crippen LogP contribution in [0.1, 0.15) is 12.5 Å². The topological polar surface area (TPSA) is 66.9 Å². The lowest BCUT2D eigenvalue weighted by atomic mass is 10.2. The molecule has 0 N–H and O–H groups in total. The molecule has 0 radical (unpaired) electrons. The number of rotatable bonds is 9. The third-order valence-electron chi connectivity index (χ3n) is 4.80. The molecule has 0 atom stereocenters. The minimum absolute atomic E-state index is 0.0967. The van der Waals surface area contributed by atoms with E-state index in [4.69, 9.17) is 16.3 Å². The second-order valence-corrected chi connectivity index (χ2v) is 9.40. The van der Waals surface area contributed by atoms with Gasteiger partial charge in [0.2, 0.25) is 5.91 Å². The minimum atomic E-state index is -4.01. The second-order valence-electron chi connectivity index (χ2n) is 7.10. The van der Waals surface area contributed by atoms with Crippen LogP contribution < -0.4 is 9.04 Å². The highest BCUT2D eigenvalue weighted by Gasteiger charge is 2.30. The minimum Gasteiger partial charge on any atom is -0.492 e. The van der Waals surface area contributed by atoms with Crippen LogP contribution in [0.2, 0.25) is 5.02 Å². The number of para-hydroxylation sites is 2. The zero-order valence-electron chi connectivity index (χ0n) is 17.9. The van der Waals surface area contributed by atoms with E-state index in [9.17, 15) is 13.2 Å². The molecular formula is C24H25ClN2O4S. The predicted molar refractivity (Wildman–Crippen MR) is 127 cm³/mol. The molecule has 0 spiro atoms. The number of amides is 1. The van der Waals surface area contributed by atoms with Gasteiger partial charge >= 0.3 is 0 Å². The van der Waals surface area contributed by atoms with Crippen molar-refractivity contribution in [3.63, 3.8) is 0 Å². The maximum atomic E-state index is 13.5. The first-order valence-electron chi connectivity index (χ1n) is 10.1. The smallest absolute Gasteiger partial charge is 0.264 e. The van der Waals surface area contributed by atoms with Crippen LogP contribution in [0.15, 0.2) is 83.8 Å². The van der Waals surface area contributed by atoms with Crippen molar-refractivity contribution in [3.05, 3.63) is 89.4 Å². The van der Waals surface area contributed by atoms with Gasteiger partial charge in [0, 0.05) is 18.6 Å². The van der Waals surface area contributed by atoms with E-state index in [1.54, 1.807) is 61.6 Å². The Morgan fingerprint density at radius 1 is 0.938 bits per heavy atom. The third kappa shape index (κ3) is 5.60. The Morgan fingerprint density at radius 2 is 1.56 bits per heavy atom. The average Bonchev–Trinajstić information content (AvgIpc) is 2.80. The van der Waals surface area contributed by atoms with E-state index in [0.717, 1.165) is 9.87 Å². The SMILES string of the molecule is CCOc1ccccc1N(CC(=O)N(C)Cc1ccc(Cl)cc1)S(=O)(=O)c1ccccc1. The van der Waals surface area contributed by atoms with E-state index in [1.165, 1.54) is 17.0 Å². The lowest BCUT2D eigenvalue weighted by Crippen LogP contribution is -2.41. The summed E-state index contributed by atoms with van der Waals surface area (Å²) in [6.07, 6.45) is 0. The molecule has 8 heteroatoms. The number of carbonyl (C=O) groups is 1. The molecular weight excluding hydrogens is 448 g/mol. The third-order valence-corrected chi connectivity index (χ3v) is 6.83. The van der Waals surface area contributed by atoms with Crippen molar-refractivity contribution in [3.8, 4) is 5.75 Å². The largest absolute Gasteiger partial charge is 0.492 e. The first-order valence-corrected chi connectivity index (χ1v) is 11.9. The number of hydrogen-bond acceptors (Lipinski definition) is 4. The van der Waals surface area contributed by atoms with Gasteiger partial charge in [-0.1, -0.05) is 54.1 Å². The van der Waals surface area contributed by atoms with Crippen molar-refractivity contribution < 1.29 is 17.9 Å². The molecule has 0 aromatic heterocycles. The number of hydrogen-bond donors (Lipinski definition) is 0. The summed E-state index contributed by atoms with van der Waals surface area (Å²) in [6.45, 7) is 2.13. The van der Waals surface area contributed by atoms with Gasteiger partial charge in [0.05, 0.1) is 17.2 Å². The first kappa shape index (κ1) is 23.6. The van der Waals surface area contributed by atoms with Crippen molar-refractivity contribution >= 4 is 33.2 Å². The van der Waals surface area contributed by atoms with E-state index >= 15 is 0 Å². The summed E-state index contributed by atoms with van der Waals surface area (Å²) in [5.74, 6) is 0.0356. The van der Waals surface area contributed by atoms with Crippen LogP contribution in [-0.4, -0.2) is 39.4 Å². The van der Waals surface area contributed by atoms with Gasteiger partial charge in [-0.05, 0) is 48.9 Å². The van der Waals surface area contributed by atoms with Crippen LogP contribution in [0.3, 0.4) is 0 Å². The van der Waals surface area contributed by atoms with Gasteiger partial charge in [0.15, 0.2) is 0 Å². The quantitative estimate of drug-likeness (QED) is 0.456. The maximum Gasteiger partial charge on any atom is 0.264 e. The molecule has 0 fully saturated rings. The summed E-state index contributed by atoms with van der Waals surface area (Å²) in [5.41, 5.74) is 1.20. The van der Waals surface area contributed by atoms with Gasteiger partial charge in [-0.2, -0.15) is 0 Å². The zero-order chi connectivity index (χ0) is 23.1. The summed E-state index contributed by atoms with van der Waals surface area (Å²) >= 11 is 5.93. The van der Waals surface area contributed by atoms with Crippen LogP contribution in [0, 0.1) is 0 Å². The summed E-state index contributed by atoms with van der Waals surface area (Å²) in [6, 6.07) is 22.0. The van der Waals surface area contributed by atoms with E-state index in [0.29, 0.717) is 29.6 Å². The highest BCUT2D eigenvalue weighted by atomic mass is 35.5. The average molecular weight is 473 g/mol. The molecule has 0 heterocycles. The Kier molecular flexibility index (Phi) is 7.77. The Labute approximate surface area is 194 Å². The number of ether oxygens (including phenoxy) is 1. The Balaban J connectivity index is 1.94. The van der Waals surface area contributed by atoms with E-state index in [2.05, 4.69) is 0 Å². The molecule has 0 aliphatic carbocycles. The maximum absolute atomic E-state index is 13.5. The number of anilines is 1. The lowest BCUT2D eigenvalue weighted by molar-refractivity contribution is -0.128. The van der Waals surface area contributed by atoms with Gasteiger partial charge < -0.3 is 9.64 Å². The number of nitrogens with zero attached hydrogens (tertiary/aromatic N) is 2. The van der Waals surface area contributed by atoms with E-state index in [1.807, 2.05) is 19.1 Å². The van der Waals surface area contributed by atoms with Crippen molar-refractivity contribution in [2.45, 2.75) is 18.4 Å². The molecule has 0 aliphatic rings. The Morgan fingerprint density at radius 3 is 2.22 bits per heavy atom. The molecule has 0 bridgehead atoms. The van der Waals surface area contributed by atoms with Gasteiger partial charge in [0.1, 0.15) is 12.3 Å². The molecule has 0 unspecified atom stereocenters. The fourth-order valence-electron chi connectivity index (χ4n) is 3.16. The number of sulfonamides is 1. The highest BCUT2D eigenvalue weighted by molar-refractivity contribution is 7.92. The summed E-state index contributed by atoms with van der Waals surface area (Å²) in [4.78, 5) is 14.7. The van der Waals surface area contributed by atoms with Crippen LogP contribution in [0.5, 0.6) is 5.75 Å². The molecule has 0 saturated carbocycles. The predicted octanol–water partition coefficient (Wildman–Crippen LogP) is 4.59. The van der Waals surface area contributed by atoms with E-state index in [-0.39, 0.29) is 17.3 Å². The Bertz CT molecular complexity index is 1150. The summed E-state index contributed by atoms with van der Waals surface area (Å²) < 4.78 is 33.8. The van der Waals surface area contributed by atoms with Crippen molar-refractivity contribution in [2.24, 2.45) is 0 Å². The van der Waals surface area contributed by atoms with Gasteiger partial charge in [0.25, 0.3) is 10.0 Å². The second kappa shape index (κ2) is 10.5. The summed E-state index contributed by atoms with van der Waals surface area (Å²) in [5, 5.41) is 0.607. The van der Waals surface area contributed by atoms with Gasteiger partial charge in [-0.3, -0.25) is 9.10 Å². The zero-order valence-corrected chi connectivity index (χ0v) is 19.5. The Hall–Kier alpha value is -3.03. The number of carbonyl (C=O) groups excluding carboxylic acids is 1. The molecule has 168 valence electrons. The fourth-order valence-corrected chi connectivity index (χ4v) is 4.73. The fraction of sp³-hybridized carbons (Fsp3) is 0.208. The van der Waals surface area contributed by atoms with Crippen molar-refractivity contribution in [1.29, 1.82) is 0 Å². The van der Waals surface area contributed by atoms with Crippen LogP contribution in [-0.2, 0) is 21.4 Å². The number of benzene rings is 3. The highest BCUT2D eigenvalue weighted by Crippen LogP contribution is 2.32. The van der Waals surface area contributed by atoms with Crippen molar-refractivity contribution in [1.82, 2.24) is 4.90 Å². The molecule has 32 heavy (non-hydrogen) atoms. The van der Waals surface area contributed by atoms with Crippen LogP contribution >= 0.6 is 11.6 Å². The molecule has 0 aliphatic heterocycles. The molecule has 6 nitrogen and oxygen atoms in total. The van der Waals surface area contributed by atoms with Crippen LogP contribution in [0.4, 0.5) is 5.69 Å². The lowest BCUT2D eigenvalue weighted by Gasteiger charge is -2.28. The van der Waals surface area contributed by atoms with Crippen LogP contribution in [0.25, 0.3) is 0 Å². The van der Waals surface area contributed by atoms with Gasteiger partial charge in [-0.15, -0.1) is 0 Å². The van der Waals surface area contributed by atoms with E-state index < -0.39 is 10.0 Å². The standard InChI is InChI=1S/C24H25ClN2O4S/c1-3-31-23-12-8-7-11-22(23)27(32(29,30)21-9-5-4-6-10-21)18-24(28)26(2)17-19-13-15-20(25)16-14-19/h4-16H,3,17-18H2,1-2H3. The van der Waals surface area contributed by atoms with Gasteiger partial charge in [-0.25, -0.2) is 8.42 Å². The number of halogens is 1. The normalized spacial score (nSPS) is 11.1. The number of likely N-dealkylation sites (N-methyl/N-ethyl adjacent to an activating group) is 1.